The number of alkyl halides is 3. The molecule has 43 heavy (non-hydrogen) atoms. The van der Waals surface area contributed by atoms with Crippen LogP contribution in [-0.2, 0) is 33.8 Å². The fourth-order valence-electron chi connectivity index (χ4n) is 4.69. The van der Waals surface area contributed by atoms with Gasteiger partial charge in [0, 0.05) is 32.1 Å². The molecule has 0 aliphatic carbocycles. The SMILES string of the molecule is CN(CC(O)CNC(C)(C)CCCc1ccccc1)S(=O)(=O)c1cc(-c2ccc(CCC(=O)O)cc2)cc(C(F)(F)F)c1. The number of aryl methyl sites for hydroxylation is 2. The van der Waals surface area contributed by atoms with E-state index >= 15 is 0 Å². The Kier molecular flexibility index (Phi) is 11.5. The number of benzene rings is 3. The molecule has 11 heteroatoms. The van der Waals surface area contributed by atoms with Gasteiger partial charge in [-0.3, -0.25) is 4.79 Å². The molecule has 0 aliphatic heterocycles. The van der Waals surface area contributed by atoms with Crippen molar-refractivity contribution < 1.29 is 36.6 Å². The molecule has 234 valence electrons. The van der Waals surface area contributed by atoms with Gasteiger partial charge in [0.25, 0.3) is 0 Å². The number of rotatable bonds is 15. The number of aliphatic hydroxyl groups excluding tert-OH is 1. The summed E-state index contributed by atoms with van der Waals surface area (Å²) in [6.45, 7) is 3.77. The van der Waals surface area contributed by atoms with E-state index in [1.807, 2.05) is 32.0 Å². The predicted molar refractivity (Wildman–Crippen MR) is 160 cm³/mol. The molecule has 0 spiro atoms. The first-order valence-electron chi connectivity index (χ1n) is 14.0. The van der Waals surface area contributed by atoms with Crippen LogP contribution < -0.4 is 5.32 Å². The van der Waals surface area contributed by atoms with Crippen molar-refractivity contribution in [2.45, 2.75) is 68.7 Å². The van der Waals surface area contributed by atoms with Crippen LogP contribution in [0.3, 0.4) is 0 Å². The van der Waals surface area contributed by atoms with Crippen LogP contribution in [0.4, 0.5) is 13.2 Å². The summed E-state index contributed by atoms with van der Waals surface area (Å²) in [4.78, 5) is 10.3. The number of sulfonamides is 1. The summed E-state index contributed by atoms with van der Waals surface area (Å²) in [5, 5.41) is 22.8. The predicted octanol–water partition coefficient (Wildman–Crippen LogP) is 5.76. The second-order valence-electron chi connectivity index (χ2n) is 11.4. The van der Waals surface area contributed by atoms with Crippen LogP contribution >= 0.6 is 0 Å². The van der Waals surface area contributed by atoms with Gasteiger partial charge in [-0.25, -0.2) is 8.42 Å². The summed E-state index contributed by atoms with van der Waals surface area (Å²) in [7, 11) is -3.17. The Bertz CT molecular complexity index is 1460. The minimum Gasteiger partial charge on any atom is -0.481 e. The Morgan fingerprint density at radius 3 is 2.16 bits per heavy atom. The number of nitrogens with one attached hydrogen (secondary N) is 1. The lowest BCUT2D eigenvalue weighted by Crippen LogP contribution is -2.46. The zero-order chi connectivity index (χ0) is 31.8. The Hall–Kier alpha value is -3.25. The van der Waals surface area contributed by atoms with E-state index in [-0.39, 0.29) is 37.0 Å². The topological polar surface area (TPSA) is 107 Å². The zero-order valence-corrected chi connectivity index (χ0v) is 25.4. The summed E-state index contributed by atoms with van der Waals surface area (Å²) in [6.07, 6.45) is -3.10. The Labute approximate surface area is 251 Å². The number of carboxylic acids is 1. The van der Waals surface area contributed by atoms with Crippen LogP contribution in [0.15, 0.2) is 77.7 Å². The van der Waals surface area contributed by atoms with E-state index in [9.17, 15) is 31.5 Å². The Morgan fingerprint density at radius 1 is 0.930 bits per heavy atom. The van der Waals surface area contributed by atoms with Gasteiger partial charge < -0.3 is 15.5 Å². The number of carboxylic acid groups (broad SMARTS) is 1. The minimum atomic E-state index is -4.80. The van der Waals surface area contributed by atoms with E-state index in [0.717, 1.165) is 29.6 Å². The first kappa shape index (κ1) is 34.2. The van der Waals surface area contributed by atoms with Crippen molar-refractivity contribution in [3.8, 4) is 11.1 Å². The third-order valence-electron chi connectivity index (χ3n) is 7.25. The molecule has 1 unspecified atom stereocenters. The molecule has 3 aromatic rings. The van der Waals surface area contributed by atoms with Gasteiger partial charge >= 0.3 is 12.1 Å². The number of aliphatic carboxylic acids is 1. The van der Waals surface area contributed by atoms with Crippen LogP contribution in [-0.4, -0.2) is 60.7 Å². The molecule has 3 aromatic carbocycles. The molecule has 0 saturated carbocycles. The van der Waals surface area contributed by atoms with Crippen molar-refractivity contribution in [1.82, 2.24) is 9.62 Å². The van der Waals surface area contributed by atoms with Crippen LogP contribution in [0, 0.1) is 0 Å². The van der Waals surface area contributed by atoms with E-state index < -0.39 is 38.7 Å². The standard InChI is InChI=1S/C32H39F3N2O5S/c1-31(2,17-7-10-23-8-5-4-6-9-23)36-21-28(38)22-37(3)43(41,42)29-19-26(18-27(20-29)32(33,34)35)25-14-11-24(12-15-25)13-16-30(39)40/h4-6,8-9,11-12,14-15,18-20,28,36,38H,7,10,13,16-17,21-22H2,1-3H3,(H,39,40). The minimum absolute atomic E-state index is 0.0473. The number of aliphatic hydroxyl groups is 1. The van der Waals surface area contributed by atoms with Crippen LogP contribution in [0.1, 0.15) is 49.8 Å². The van der Waals surface area contributed by atoms with Crippen molar-refractivity contribution in [3.05, 3.63) is 89.5 Å². The average Bonchev–Trinajstić information content (AvgIpc) is 2.95. The van der Waals surface area contributed by atoms with E-state index in [1.165, 1.54) is 30.8 Å². The molecule has 0 amide bonds. The summed E-state index contributed by atoms with van der Waals surface area (Å²) in [6, 6.07) is 19.0. The summed E-state index contributed by atoms with van der Waals surface area (Å²) in [5.74, 6) is -0.968. The maximum Gasteiger partial charge on any atom is 0.416 e. The first-order chi connectivity index (χ1) is 20.1. The number of β-amino-alcohol motifs (C(OH)–C–C–N with tert-alkyl or cyclic N) is 1. The summed E-state index contributed by atoms with van der Waals surface area (Å²) >= 11 is 0. The second-order valence-corrected chi connectivity index (χ2v) is 13.4. The van der Waals surface area contributed by atoms with E-state index in [1.54, 1.807) is 12.1 Å². The number of carbonyl (C=O) groups is 1. The van der Waals surface area contributed by atoms with Crippen molar-refractivity contribution >= 4 is 16.0 Å². The highest BCUT2D eigenvalue weighted by molar-refractivity contribution is 7.89. The van der Waals surface area contributed by atoms with E-state index in [2.05, 4.69) is 17.4 Å². The van der Waals surface area contributed by atoms with E-state index in [4.69, 9.17) is 5.11 Å². The molecule has 0 aliphatic rings. The normalized spacial score (nSPS) is 13.3. The largest absolute Gasteiger partial charge is 0.481 e. The fraction of sp³-hybridized carbons (Fsp3) is 0.406. The van der Waals surface area contributed by atoms with Gasteiger partial charge in [0.15, 0.2) is 0 Å². The molecule has 1 atom stereocenters. The van der Waals surface area contributed by atoms with Gasteiger partial charge in [-0.15, -0.1) is 0 Å². The highest BCUT2D eigenvalue weighted by Crippen LogP contribution is 2.35. The molecule has 0 fully saturated rings. The number of hydrogen-bond acceptors (Lipinski definition) is 5. The molecule has 0 saturated heterocycles. The molecular weight excluding hydrogens is 581 g/mol. The fourth-order valence-corrected chi connectivity index (χ4v) is 5.97. The van der Waals surface area contributed by atoms with Gasteiger partial charge in [-0.1, -0.05) is 54.6 Å². The second kappa shape index (κ2) is 14.5. The van der Waals surface area contributed by atoms with Crippen LogP contribution in [0.5, 0.6) is 0 Å². The molecule has 0 radical (unpaired) electrons. The molecule has 0 heterocycles. The molecule has 3 N–H and O–H groups in total. The summed E-state index contributed by atoms with van der Waals surface area (Å²) in [5.41, 5.74) is 0.871. The lowest BCUT2D eigenvalue weighted by Gasteiger charge is -2.29. The molecular formula is C32H39F3N2O5S. The van der Waals surface area contributed by atoms with Gasteiger partial charge in [0.2, 0.25) is 10.0 Å². The average molecular weight is 621 g/mol. The van der Waals surface area contributed by atoms with Crippen molar-refractivity contribution in [3.63, 3.8) is 0 Å². The maximum atomic E-state index is 13.8. The van der Waals surface area contributed by atoms with Crippen molar-refractivity contribution in [1.29, 1.82) is 0 Å². The lowest BCUT2D eigenvalue weighted by atomic mass is 9.95. The van der Waals surface area contributed by atoms with Crippen LogP contribution in [0.25, 0.3) is 11.1 Å². The molecule has 7 nitrogen and oxygen atoms in total. The van der Waals surface area contributed by atoms with E-state index in [0.29, 0.717) is 17.2 Å². The highest BCUT2D eigenvalue weighted by Gasteiger charge is 2.34. The molecule has 0 bridgehead atoms. The highest BCUT2D eigenvalue weighted by atomic mass is 32.2. The number of likely N-dealkylation sites (N-methyl/N-ethyl adjacent to an activating group) is 1. The van der Waals surface area contributed by atoms with Gasteiger partial charge in [0.1, 0.15) is 0 Å². The Morgan fingerprint density at radius 2 is 1.56 bits per heavy atom. The summed E-state index contributed by atoms with van der Waals surface area (Å²) < 4.78 is 69.0. The van der Waals surface area contributed by atoms with Crippen molar-refractivity contribution in [2.75, 3.05) is 20.1 Å². The lowest BCUT2D eigenvalue weighted by molar-refractivity contribution is -0.138. The first-order valence-corrected chi connectivity index (χ1v) is 15.5. The smallest absolute Gasteiger partial charge is 0.416 e. The third-order valence-corrected chi connectivity index (χ3v) is 9.05. The van der Waals surface area contributed by atoms with Crippen LogP contribution in [0.2, 0.25) is 0 Å². The van der Waals surface area contributed by atoms with Gasteiger partial charge in [-0.2, -0.15) is 17.5 Å². The number of hydrogen-bond donors (Lipinski definition) is 3. The zero-order valence-electron chi connectivity index (χ0n) is 24.6. The Balaban J connectivity index is 1.69. The maximum absolute atomic E-state index is 13.8. The number of halogens is 3. The monoisotopic (exact) mass is 620 g/mol. The molecule has 3 rings (SSSR count). The van der Waals surface area contributed by atoms with Gasteiger partial charge in [0.05, 0.1) is 16.6 Å². The van der Waals surface area contributed by atoms with Crippen molar-refractivity contribution in [2.24, 2.45) is 0 Å². The third kappa shape index (κ3) is 10.5. The number of nitrogens with zero attached hydrogens (tertiary/aromatic N) is 1. The van der Waals surface area contributed by atoms with Gasteiger partial charge in [-0.05, 0) is 80.0 Å². The molecule has 0 aromatic heterocycles. The quantitative estimate of drug-likeness (QED) is 0.200.